The summed E-state index contributed by atoms with van der Waals surface area (Å²) < 4.78 is 1.65. The highest BCUT2D eigenvalue weighted by Gasteiger charge is 2.23. The maximum absolute atomic E-state index is 12.7. The van der Waals surface area contributed by atoms with Crippen molar-refractivity contribution in [2.24, 2.45) is 0 Å². The predicted octanol–water partition coefficient (Wildman–Crippen LogP) is 0.551. The van der Waals surface area contributed by atoms with Crippen molar-refractivity contribution in [3.8, 4) is 5.69 Å². The molecule has 0 unspecified atom stereocenters. The second-order valence-corrected chi connectivity index (χ2v) is 6.31. The molecular weight excluding hydrogens is 332 g/mol. The number of aromatic nitrogens is 3. The number of hydrogen-bond donors (Lipinski definition) is 1. The molecule has 8 nitrogen and oxygen atoms in total. The lowest BCUT2D eigenvalue weighted by Gasteiger charge is -2.34. The van der Waals surface area contributed by atoms with E-state index in [4.69, 9.17) is 0 Å². The van der Waals surface area contributed by atoms with Crippen LogP contribution in [0.5, 0.6) is 0 Å². The van der Waals surface area contributed by atoms with Gasteiger partial charge < -0.3 is 10.2 Å². The van der Waals surface area contributed by atoms with E-state index in [9.17, 15) is 9.59 Å². The number of benzene rings is 1. The zero-order valence-electron chi connectivity index (χ0n) is 15.0. The van der Waals surface area contributed by atoms with E-state index in [-0.39, 0.29) is 11.8 Å². The zero-order valence-corrected chi connectivity index (χ0v) is 15.0. The molecule has 1 saturated heterocycles. The van der Waals surface area contributed by atoms with Crippen molar-refractivity contribution >= 4 is 11.8 Å². The topological polar surface area (TPSA) is 83.4 Å². The molecule has 1 fully saturated rings. The monoisotopic (exact) mass is 356 g/mol. The van der Waals surface area contributed by atoms with Crippen LogP contribution in [0.4, 0.5) is 0 Å². The summed E-state index contributed by atoms with van der Waals surface area (Å²) in [7, 11) is 0. The summed E-state index contributed by atoms with van der Waals surface area (Å²) >= 11 is 0. The van der Waals surface area contributed by atoms with Gasteiger partial charge in [-0.1, -0.05) is 6.92 Å². The van der Waals surface area contributed by atoms with Gasteiger partial charge in [0.15, 0.2) is 0 Å². The average Bonchev–Trinajstić information content (AvgIpc) is 3.21. The molecule has 0 atom stereocenters. The predicted molar refractivity (Wildman–Crippen MR) is 97.0 cm³/mol. The Bertz CT molecular complexity index is 721. The smallest absolute Gasteiger partial charge is 0.253 e. The van der Waals surface area contributed by atoms with Gasteiger partial charge in [0.1, 0.15) is 12.7 Å². The quantitative estimate of drug-likeness (QED) is 0.817. The Morgan fingerprint density at radius 3 is 2.46 bits per heavy atom. The number of nitrogens with one attached hydrogen (secondary N) is 1. The lowest BCUT2D eigenvalue weighted by Crippen LogP contribution is -2.51. The molecule has 0 spiro atoms. The number of carbonyl (C=O) groups excluding carboxylic acids is 2. The number of carbonyl (C=O) groups is 2. The molecule has 3 rings (SSSR count). The molecule has 0 radical (unpaired) electrons. The molecule has 2 aromatic rings. The van der Waals surface area contributed by atoms with Crippen LogP contribution in [0.3, 0.4) is 0 Å². The van der Waals surface area contributed by atoms with E-state index in [1.807, 2.05) is 36.1 Å². The van der Waals surface area contributed by atoms with Crippen molar-refractivity contribution in [3.05, 3.63) is 42.5 Å². The van der Waals surface area contributed by atoms with E-state index < -0.39 is 0 Å². The molecule has 1 aromatic carbocycles. The van der Waals surface area contributed by atoms with E-state index >= 15 is 0 Å². The van der Waals surface area contributed by atoms with Gasteiger partial charge in [-0.15, -0.1) is 0 Å². The van der Waals surface area contributed by atoms with Crippen LogP contribution in [-0.2, 0) is 4.79 Å². The maximum atomic E-state index is 12.7. The minimum atomic E-state index is 0.0187. The molecule has 8 heteroatoms. The van der Waals surface area contributed by atoms with E-state index in [0.717, 1.165) is 12.1 Å². The molecule has 1 N–H and O–H groups in total. The summed E-state index contributed by atoms with van der Waals surface area (Å²) in [5, 5.41) is 6.96. The summed E-state index contributed by atoms with van der Waals surface area (Å²) in [6.07, 6.45) is 4.03. The van der Waals surface area contributed by atoms with Gasteiger partial charge in [0.2, 0.25) is 5.91 Å². The molecule has 1 aliphatic rings. The van der Waals surface area contributed by atoms with Gasteiger partial charge in [-0.25, -0.2) is 9.67 Å². The van der Waals surface area contributed by atoms with Crippen LogP contribution >= 0.6 is 0 Å². The standard InChI is InChI=1S/C18H24N6O2/c1-2-7-20-17(25)12-22-8-10-23(11-9-22)18(26)15-3-5-16(6-4-15)24-14-19-13-21-24/h3-6,13-14H,2,7-12H2,1H3,(H,20,25). The second kappa shape index (κ2) is 8.57. The van der Waals surface area contributed by atoms with Gasteiger partial charge in [0.05, 0.1) is 12.2 Å². The van der Waals surface area contributed by atoms with Crippen molar-refractivity contribution in [1.29, 1.82) is 0 Å². The fraction of sp³-hybridized carbons (Fsp3) is 0.444. The first-order chi connectivity index (χ1) is 12.7. The number of piperazine rings is 1. The fourth-order valence-electron chi connectivity index (χ4n) is 2.91. The van der Waals surface area contributed by atoms with Crippen molar-refractivity contribution in [2.45, 2.75) is 13.3 Å². The highest BCUT2D eigenvalue weighted by atomic mass is 16.2. The van der Waals surface area contributed by atoms with Crippen molar-refractivity contribution in [2.75, 3.05) is 39.3 Å². The first kappa shape index (κ1) is 18.1. The Morgan fingerprint density at radius 1 is 1.12 bits per heavy atom. The lowest BCUT2D eigenvalue weighted by atomic mass is 10.1. The number of nitrogens with zero attached hydrogens (tertiary/aromatic N) is 5. The largest absolute Gasteiger partial charge is 0.355 e. The Kier molecular flexibility index (Phi) is 5.96. The molecule has 138 valence electrons. The van der Waals surface area contributed by atoms with Crippen LogP contribution in [0.15, 0.2) is 36.9 Å². The molecular formula is C18H24N6O2. The van der Waals surface area contributed by atoms with E-state index in [0.29, 0.717) is 44.8 Å². The average molecular weight is 356 g/mol. The van der Waals surface area contributed by atoms with Crippen LogP contribution in [0, 0.1) is 0 Å². The summed E-state index contributed by atoms with van der Waals surface area (Å²) in [5.41, 5.74) is 1.52. The maximum Gasteiger partial charge on any atom is 0.253 e. The lowest BCUT2D eigenvalue weighted by molar-refractivity contribution is -0.122. The first-order valence-corrected chi connectivity index (χ1v) is 8.90. The third-order valence-corrected chi connectivity index (χ3v) is 4.40. The van der Waals surface area contributed by atoms with E-state index in [2.05, 4.69) is 20.3 Å². The highest BCUT2D eigenvalue weighted by Crippen LogP contribution is 2.12. The first-order valence-electron chi connectivity index (χ1n) is 8.90. The van der Waals surface area contributed by atoms with Crippen LogP contribution in [0.25, 0.3) is 5.69 Å². The van der Waals surface area contributed by atoms with Crippen molar-refractivity contribution < 1.29 is 9.59 Å². The molecule has 0 saturated carbocycles. The molecule has 0 bridgehead atoms. The summed E-state index contributed by atoms with van der Waals surface area (Å²) in [6, 6.07) is 7.33. The number of rotatable bonds is 6. The number of amides is 2. The second-order valence-electron chi connectivity index (χ2n) is 6.31. The van der Waals surface area contributed by atoms with Gasteiger partial charge in [0, 0.05) is 38.3 Å². The number of hydrogen-bond acceptors (Lipinski definition) is 5. The molecule has 2 amide bonds. The Balaban J connectivity index is 1.51. The highest BCUT2D eigenvalue weighted by molar-refractivity contribution is 5.94. The molecule has 26 heavy (non-hydrogen) atoms. The van der Waals surface area contributed by atoms with Crippen LogP contribution in [0.2, 0.25) is 0 Å². The van der Waals surface area contributed by atoms with Crippen molar-refractivity contribution in [1.82, 2.24) is 29.9 Å². The van der Waals surface area contributed by atoms with E-state index in [1.54, 1.807) is 11.0 Å². The van der Waals surface area contributed by atoms with E-state index in [1.165, 1.54) is 6.33 Å². The Morgan fingerprint density at radius 2 is 1.85 bits per heavy atom. The van der Waals surface area contributed by atoms with Crippen LogP contribution in [0.1, 0.15) is 23.7 Å². The minimum Gasteiger partial charge on any atom is -0.355 e. The zero-order chi connectivity index (χ0) is 18.4. The summed E-state index contributed by atoms with van der Waals surface area (Å²) in [4.78, 5) is 32.3. The van der Waals surface area contributed by atoms with Gasteiger partial charge >= 0.3 is 0 Å². The van der Waals surface area contributed by atoms with Gasteiger partial charge in [-0.3, -0.25) is 14.5 Å². The fourth-order valence-corrected chi connectivity index (χ4v) is 2.91. The normalized spacial score (nSPS) is 15.0. The minimum absolute atomic E-state index is 0.0187. The SMILES string of the molecule is CCCNC(=O)CN1CCN(C(=O)c2ccc(-n3cncn3)cc2)CC1. The van der Waals surface area contributed by atoms with Crippen LogP contribution < -0.4 is 5.32 Å². The molecule has 1 aromatic heterocycles. The van der Waals surface area contributed by atoms with Crippen LogP contribution in [-0.4, -0.2) is 75.6 Å². The Labute approximate surface area is 152 Å². The molecule has 2 heterocycles. The third-order valence-electron chi connectivity index (χ3n) is 4.40. The van der Waals surface area contributed by atoms with Crippen molar-refractivity contribution in [3.63, 3.8) is 0 Å². The third kappa shape index (κ3) is 4.45. The summed E-state index contributed by atoms with van der Waals surface area (Å²) in [5.74, 6) is 0.0700. The van der Waals surface area contributed by atoms with Gasteiger partial charge in [-0.05, 0) is 30.7 Å². The summed E-state index contributed by atoms with van der Waals surface area (Å²) in [6.45, 7) is 5.82. The molecule has 0 aliphatic carbocycles. The van der Waals surface area contributed by atoms with Gasteiger partial charge in [-0.2, -0.15) is 5.10 Å². The molecule has 1 aliphatic heterocycles. The van der Waals surface area contributed by atoms with Gasteiger partial charge in [0.25, 0.3) is 5.91 Å². The Hall–Kier alpha value is -2.74.